The van der Waals surface area contributed by atoms with Crippen LogP contribution in [0.25, 0.3) is 0 Å². The van der Waals surface area contributed by atoms with Crippen LogP contribution >= 0.6 is 0 Å². The molecule has 1 aliphatic carbocycles. The smallest absolute Gasteiger partial charge is 0.0470 e. The second-order valence-corrected chi connectivity index (χ2v) is 5.26. The second-order valence-electron chi connectivity index (χ2n) is 5.26. The number of nitrogens with one attached hydrogen (secondary N) is 1. The molecule has 1 aromatic carbocycles. The number of nitrogens with two attached hydrogens (primary N) is 1. The summed E-state index contributed by atoms with van der Waals surface area (Å²) in [5.74, 6) is 0.879. The Balaban J connectivity index is 1.97. The number of para-hydroxylation sites is 1. The van der Waals surface area contributed by atoms with E-state index in [-0.39, 0.29) is 5.54 Å². The minimum atomic E-state index is 0.0481. The Bertz CT molecular complexity index is 319. The van der Waals surface area contributed by atoms with Crippen LogP contribution in [0.15, 0.2) is 30.3 Å². The van der Waals surface area contributed by atoms with Gasteiger partial charge in [0.2, 0.25) is 0 Å². The van der Waals surface area contributed by atoms with Gasteiger partial charge in [-0.2, -0.15) is 0 Å². The van der Waals surface area contributed by atoms with E-state index in [9.17, 15) is 0 Å². The van der Waals surface area contributed by atoms with E-state index < -0.39 is 0 Å². The Kier molecular flexibility index (Phi) is 3.49. The van der Waals surface area contributed by atoms with E-state index in [1.54, 1.807) is 0 Å². The van der Waals surface area contributed by atoms with E-state index in [2.05, 4.69) is 36.5 Å². The minimum absolute atomic E-state index is 0.0481. The van der Waals surface area contributed by atoms with E-state index >= 15 is 0 Å². The van der Waals surface area contributed by atoms with E-state index in [1.165, 1.54) is 31.4 Å². The molecule has 1 unspecified atom stereocenters. The number of hydrogen-bond acceptors (Lipinski definition) is 2. The van der Waals surface area contributed by atoms with Crippen LogP contribution in [0.2, 0.25) is 0 Å². The molecule has 0 spiro atoms. The van der Waals surface area contributed by atoms with E-state index in [0.717, 1.165) is 5.92 Å². The monoisotopic (exact) mass is 218 g/mol. The molecule has 1 fully saturated rings. The average Bonchev–Trinajstić information content (AvgIpc) is 2.25. The van der Waals surface area contributed by atoms with Gasteiger partial charge in [0.1, 0.15) is 0 Å². The zero-order valence-corrected chi connectivity index (χ0v) is 10.1. The lowest BCUT2D eigenvalue weighted by Gasteiger charge is -2.37. The van der Waals surface area contributed by atoms with Crippen LogP contribution in [0.3, 0.4) is 0 Å². The molecule has 0 heterocycles. The third-order valence-electron chi connectivity index (χ3n) is 3.63. The first-order valence-electron chi connectivity index (χ1n) is 6.25. The highest BCUT2D eigenvalue weighted by molar-refractivity contribution is 5.45. The van der Waals surface area contributed by atoms with Crippen molar-refractivity contribution < 1.29 is 0 Å². The van der Waals surface area contributed by atoms with E-state index in [0.29, 0.717) is 6.54 Å². The zero-order chi connectivity index (χ0) is 11.4. The standard InChI is InChI=1S/C14H22N2/c1-14(11-15,10-12-6-5-7-12)16-13-8-3-2-4-9-13/h2-4,8-9,12,16H,5-7,10-11,15H2,1H3. The van der Waals surface area contributed by atoms with Gasteiger partial charge in [-0.05, 0) is 31.4 Å². The molecular formula is C14H22N2. The fourth-order valence-corrected chi connectivity index (χ4v) is 2.39. The van der Waals surface area contributed by atoms with Gasteiger partial charge in [0.05, 0.1) is 0 Å². The molecule has 1 atom stereocenters. The molecule has 2 heteroatoms. The van der Waals surface area contributed by atoms with E-state index in [1.807, 2.05) is 6.07 Å². The number of rotatable bonds is 5. The van der Waals surface area contributed by atoms with Crippen LogP contribution in [0.1, 0.15) is 32.6 Å². The molecule has 3 N–H and O–H groups in total. The first kappa shape index (κ1) is 11.5. The van der Waals surface area contributed by atoms with Gasteiger partial charge in [0.15, 0.2) is 0 Å². The van der Waals surface area contributed by atoms with Crippen LogP contribution in [0, 0.1) is 5.92 Å². The summed E-state index contributed by atoms with van der Waals surface area (Å²) >= 11 is 0. The lowest BCUT2D eigenvalue weighted by molar-refractivity contribution is 0.248. The third kappa shape index (κ3) is 2.76. The second kappa shape index (κ2) is 4.88. The molecule has 1 saturated carbocycles. The minimum Gasteiger partial charge on any atom is -0.379 e. The maximum atomic E-state index is 5.92. The van der Waals surface area contributed by atoms with Crippen LogP contribution in [0.5, 0.6) is 0 Å². The lowest BCUT2D eigenvalue weighted by Crippen LogP contribution is -2.45. The highest BCUT2D eigenvalue weighted by Crippen LogP contribution is 2.34. The Hall–Kier alpha value is -1.02. The Morgan fingerprint density at radius 3 is 2.50 bits per heavy atom. The topological polar surface area (TPSA) is 38.0 Å². The molecule has 0 aromatic heterocycles. The summed E-state index contributed by atoms with van der Waals surface area (Å²) in [6, 6.07) is 10.4. The number of anilines is 1. The highest BCUT2D eigenvalue weighted by atomic mass is 15.0. The third-order valence-corrected chi connectivity index (χ3v) is 3.63. The largest absolute Gasteiger partial charge is 0.379 e. The van der Waals surface area contributed by atoms with Gasteiger partial charge in [0.25, 0.3) is 0 Å². The van der Waals surface area contributed by atoms with Crippen molar-refractivity contribution in [3.63, 3.8) is 0 Å². The van der Waals surface area contributed by atoms with Gasteiger partial charge in [-0.15, -0.1) is 0 Å². The van der Waals surface area contributed by atoms with Gasteiger partial charge in [0, 0.05) is 17.8 Å². The number of benzene rings is 1. The molecule has 1 aliphatic rings. The van der Waals surface area contributed by atoms with Gasteiger partial charge in [-0.3, -0.25) is 0 Å². The van der Waals surface area contributed by atoms with Crippen molar-refractivity contribution in [2.45, 2.75) is 38.1 Å². The predicted molar refractivity (Wildman–Crippen MR) is 69.5 cm³/mol. The summed E-state index contributed by atoms with van der Waals surface area (Å²) in [6.45, 7) is 2.93. The van der Waals surface area contributed by atoms with Gasteiger partial charge in [-0.25, -0.2) is 0 Å². The Morgan fingerprint density at radius 2 is 2.00 bits per heavy atom. The SMILES string of the molecule is CC(CN)(CC1CCC1)Nc1ccccc1. The first-order valence-corrected chi connectivity index (χ1v) is 6.25. The number of hydrogen-bond donors (Lipinski definition) is 2. The Morgan fingerprint density at radius 1 is 1.31 bits per heavy atom. The lowest BCUT2D eigenvalue weighted by atomic mass is 9.76. The normalized spacial score (nSPS) is 19.9. The van der Waals surface area contributed by atoms with Crippen molar-refractivity contribution in [1.29, 1.82) is 0 Å². The molecule has 0 radical (unpaired) electrons. The summed E-state index contributed by atoms with van der Waals surface area (Å²) in [5.41, 5.74) is 7.14. The summed E-state index contributed by atoms with van der Waals surface area (Å²) in [5, 5.41) is 3.58. The average molecular weight is 218 g/mol. The van der Waals surface area contributed by atoms with Gasteiger partial charge < -0.3 is 11.1 Å². The van der Waals surface area contributed by atoms with Crippen molar-refractivity contribution in [1.82, 2.24) is 0 Å². The molecule has 1 aromatic rings. The van der Waals surface area contributed by atoms with E-state index in [4.69, 9.17) is 5.73 Å². The Labute approximate surface area is 98.2 Å². The fraction of sp³-hybridized carbons (Fsp3) is 0.571. The van der Waals surface area contributed by atoms with Crippen molar-refractivity contribution in [3.8, 4) is 0 Å². The van der Waals surface area contributed by atoms with Crippen LogP contribution < -0.4 is 11.1 Å². The molecule has 2 nitrogen and oxygen atoms in total. The van der Waals surface area contributed by atoms with Crippen molar-refractivity contribution in [2.24, 2.45) is 11.7 Å². The summed E-state index contributed by atoms with van der Waals surface area (Å²) < 4.78 is 0. The molecular weight excluding hydrogens is 196 g/mol. The summed E-state index contributed by atoms with van der Waals surface area (Å²) in [4.78, 5) is 0. The molecule has 2 rings (SSSR count). The molecule has 88 valence electrons. The molecule has 0 aliphatic heterocycles. The summed E-state index contributed by atoms with van der Waals surface area (Å²) in [7, 11) is 0. The van der Waals surface area contributed by atoms with Crippen molar-refractivity contribution in [3.05, 3.63) is 30.3 Å². The fourth-order valence-electron chi connectivity index (χ4n) is 2.39. The van der Waals surface area contributed by atoms with Gasteiger partial charge >= 0.3 is 0 Å². The molecule has 0 saturated heterocycles. The van der Waals surface area contributed by atoms with Gasteiger partial charge in [-0.1, -0.05) is 37.5 Å². The van der Waals surface area contributed by atoms with Crippen molar-refractivity contribution >= 4 is 5.69 Å². The first-order chi connectivity index (χ1) is 7.72. The maximum Gasteiger partial charge on any atom is 0.0470 e. The quantitative estimate of drug-likeness (QED) is 0.797. The van der Waals surface area contributed by atoms with Crippen LogP contribution in [-0.2, 0) is 0 Å². The molecule has 16 heavy (non-hydrogen) atoms. The maximum absolute atomic E-state index is 5.92. The molecule has 0 bridgehead atoms. The van der Waals surface area contributed by atoms with Crippen LogP contribution in [-0.4, -0.2) is 12.1 Å². The molecule has 0 amide bonds. The highest BCUT2D eigenvalue weighted by Gasteiger charge is 2.29. The predicted octanol–water partition coefficient (Wildman–Crippen LogP) is 3.01. The zero-order valence-electron chi connectivity index (χ0n) is 10.1. The van der Waals surface area contributed by atoms with Crippen LogP contribution in [0.4, 0.5) is 5.69 Å². The van der Waals surface area contributed by atoms with Crippen molar-refractivity contribution in [2.75, 3.05) is 11.9 Å². The summed E-state index contributed by atoms with van der Waals surface area (Å²) in [6.07, 6.45) is 5.35.